The Balaban J connectivity index is 1.42. The molecule has 2 heterocycles. The van der Waals surface area contributed by atoms with E-state index in [0.29, 0.717) is 43.6 Å². The van der Waals surface area contributed by atoms with Crippen LogP contribution >= 0.6 is 0 Å². The smallest absolute Gasteiger partial charge is 0.224 e. The van der Waals surface area contributed by atoms with E-state index < -0.39 is 0 Å². The van der Waals surface area contributed by atoms with Gasteiger partial charge in [0.2, 0.25) is 11.8 Å². The second-order valence-corrected chi connectivity index (χ2v) is 7.38. The molecular formula is C20H29N3O4. The van der Waals surface area contributed by atoms with Crippen LogP contribution in [0.5, 0.6) is 11.5 Å². The van der Waals surface area contributed by atoms with Crippen LogP contribution in [0.2, 0.25) is 0 Å². The zero-order valence-corrected chi connectivity index (χ0v) is 16.3. The first-order valence-electron chi connectivity index (χ1n) is 9.51. The maximum atomic E-state index is 12.6. The fourth-order valence-electron chi connectivity index (χ4n) is 3.79. The molecule has 0 unspecified atom stereocenters. The molecular weight excluding hydrogens is 346 g/mol. The van der Waals surface area contributed by atoms with Crippen molar-refractivity contribution in [1.82, 2.24) is 15.1 Å². The minimum atomic E-state index is -0.00964. The van der Waals surface area contributed by atoms with Crippen molar-refractivity contribution in [3.8, 4) is 11.5 Å². The Morgan fingerprint density at radius 1 is 1.15 bits per heavy atom. The molecule has 0 saturated carbocycles. The summed E-state index contributed by atoms with van der Waals surface area (Å²) in [5, 5.41) is 2.87. The Hall–Kier alpha value is -2.28. The van der Waals surface area contributed by atoms with Crippen LogP contribution in [0.1, 0.15) is 26.2 Å². The average molecular weight is 375 g/mol. The van der Waals surface area contributed by atoms with E-state index in [0.717, 1.165) is 12.8 Å². The molecule has 1 aromatic rings. The van der Waals surface area contributed by atoms with Crippen LogP contribution in [-0.4, -0.2) is 73.6 Å². The van der Waals surface area contributed by atoms with Gasteiger partial charge in [0, 0.05) is 32.0 Å². The number of carbonyl (C=O) groups is 2. The summed E-state index contributed by atoms with van der Waals surface area (Å²) in [4.78, 5) is 27.8. The second kappa shape index (κ2) is 8.61. The maximum Gasteiger partial charge on any atom is 0.224 e. The van der Waals surface area contributed by atoms with Crippen molar-refractivity contribution in [2.24, 2.45) is 0 Å². The monoisotopic (exact) mass is 375 g/mol. The molecule has 0 bridgehead atoms. The van der Waals surface area contributed by atoms with Crippen LogP contribution in [-0.2, 0) is 9.59 Å². The highest BCUT2D eigenvalue weighted by Gasteiger charge is 2.37. The molecule has 7 nitrogen and oxygen atoms in total. The fraction of sp³-hybridized carbons (Fsp3) is 0.600. The van der Waals surface area contributed by atoms with Gasteiger partial charge >= 0.3 is 0 Å². The topological polar surface area (TPSA) is 71.1 Å². The fourth-order valence-corrected chi connectivity index (χ4v) is 3.79. The van der Waals surface area contributed by atoms with Gasteiger partial charge in [0.05, 0.1) is 20.2 Å². The molecule has 7 heteroatoms. The third kappa shape index (κ3) is 4.71. The van der Waals surface area contributed by atoms with Crippen molar-refractivity contribution in [1.29, 1.82) is 0 Å². The summed E-state index contributed by atoms with van der Waals surface area (Å²) in [5.41, 5.74) is 0. The molecule has 1 N–H and O–H groups in total. The molecule has 148 valence electrons. The third-order valence-electron chi connectivity index (χ3n) is 5.55. The van der Waals surface area contributed by atoms with Crippen molar-refractivity contribution < 1.29 is 19.1 Å². The predicted molar refractivity (Wildman–Crippen MR) is 102 cm³/mol. The van der Waals surface area contributed by atoms with E-state index in [4.69, 9.17) is 9.47 Å². The van der Waals surface area contributed by atoms with Gasteiger partial charge in [-0.3, -0.25) is 14.5 Å². The lowest BCUT2D eigenvalue weighted by atomic mass is 10.1. The molecule has 0 aromatic heterocycles. The molecule has 0 radical (unpaired) electrons. The van der Waals surface area contributed by atoms with Gasteiger partial charge in [0.15, 0.2) is 11.5 Å². The molecule has 2 fully saturated rings. The van der Waals surface area contributed by atoms with Crippen molar-refractivity contribution in [3.05, 3.63) is 24.3 Å². The number of ether oxygens (including phenoxy) is 2. The summed E-state index contributed by atoms with van der Waals surface area (Å²) in [6, 6.07) is 8.11. The summed E-state index contributed by atoms with van der Waals surface area (Å²) in [6.07, 6.45) is 2.53. The highest BCUT2D eigenvalue weighted by molar-refractivity contribution is 5.78. The number of amides is 2. The van der Waals surface area contributed by atoms with Crippen molar-refractivity contribution in [2.75, 3.05) is 33.8 Å². The van der Waals surface area contributed by atoms with Gasteiger partial charge in [0.1, 0.15) is 6.10 Å². The largest absolute Gasteiger partial charge is 0.493 e. The number of likely N-dealkylation sites (tertiary alicyclic amines) is 2. The van der Waals surface area contributed by atoms with Crippen LogP contribution in [0.4, 0.5) is 0 Å². The number of methoxy groups -OCH3 is 1. The zero-order valence-electron chi connectivity index (χ0n) is 16.3. The normalized spacial score (nSPS) is 23.0. The first-order chi connectivity index (χ1) is 13.0. The zero-order chi connectivity index (χ0) is 19.4. The third-order valence-corrected chi connectivity index (χ3v) is 5.55. The lowest BCUT2D eigenvalue weighted by molar-refractivity contribution is -0.141. The molecule has 2 aliphatic heterocycles. The first-order valence-corrected chi connectivity index (χ1v) is 9.51. The van der Waals surface area contributed by atoms with Gasteiger partial charge in [-0.2, -0.15) is 0 Å². The van der Waals surface area contributed by atoms with Crippen LogP contribution in [0.25, 0.3) is 0 Å². The Morgan fingerprint density at radius 2 is 1.81 bits per heavy atom. The van der Waals surface area contributed by atoms with E-state index >= 15 is 0 Å². The predicted octanol–water partition coefficient (Wildman–Crippen LogP) is 1.27. The molecule has 1 aromatic carbocycles. The Morgan fingerprint density at radius 3 is 2.48 bits per heavy atom. The average Bonchev–Trinajstić information content (AvgIpc) is 2.96. The van der Waals surface area contributed by atoms with E-state index in [1.807, 2.05) is 36.2 Å². The number of likely N-dealkylation sites (N-methyl/N-ethyl adjacent to an activating group) is 1. The number of hydrogen-bond donors (Lipinski definition) is 1. The number of para-hydroxylation sites is 2. The summed E-state index contributed by atoms with van der Waals surface area (Å²) in [5.74, 6) is 1.59. The Bertz CT molecular complexity index is 675. The molecule has 27 heavy (non-hydrogen) atoms. The second-order valence-electron chi connectivity index (χ2n) is 7.38. The lowest BCUT2D eigenvalue weighted by Crippen LogP contribution is -2.57. The van der Waals surface area contributed by atoms with Crippen molar-refractivity contribution >= 4 is 11.8 Å². The van der Waals surface area contributed by atoms with Gasteiger partial charge in [-0.15, -0.1) is 0 Å². The summed E-state index contributed by atoms with van der Waals surface area (Å²) in [6.45, 7) is 3.41. The Labute approximate surface area is 160 Å². The minimum absolute atomic E-state index is 0.00964. The van der Waals surface area contributed by atoms with Crippen molar-refractivity contribution in [3.63, 3.8) is 0 Å². The highest BCUT2D eigenvalue weighted by Crippen LogP contribution is 2.30. The van der Waals surface area contributed by atoms with Gasteiger partial charge in [-0.25, -0.2) is 0 Å². The maximum absolute atomic E-state index is 12.6. The molecule has 0 spiro atoms. The first kappa shape index (κ1) is 19.5. The van der Waals surface area contributed by atoms with Crippen molar-refractivity contribution in [2.45, 2.75) is 44.4 Å². The number of nitrogens with one attached hydrogen (secondary N) is 1. The van der Waals surface area contributed by atoms with Gasteiger partial charge in [-0.05, 0) is 32.0 Å². The quantitative estimate of drug-likeness (QED) is 0.777. The van der Waals surface area contributed by atoms with E-state index in [1.54, 1.807) is 7.11 Å². The summed E-state index contributed by atoms with van der Waals surface area (Å²) >= 11 is 0. The van der Waals surface area contributed by atoms with Gasteiger partial charge < -0.3 is 19.7 Å². The number of nitrogens with zero attached hydrogens (tertiary/aromatic N) is 2. The molecule has 3 rings (SSSR count). The highest BCUT2D eigenvalue weighted by atomic mass is 16.5. The minimum Gasteiger partial charge on any atom is -0.493 e. The summed E-state index contributed by atoms with van der Waals surface area (Å²) < 4.78 is 11.2. The SMILES string of the molecule is COc1ccccc1OC1CN(C(=O)C[C@@H]2CC[C@H](CNC(C)=O)N2C)C1. The lowest BCUT2D eigenvalue weighted by Gasteiger charge is -2.40. The number of benzene rings is 1. The van der Waals surface area contributed by atoms with Gasteiger partial charge in [-0.1, -0.05) is 12.1 Å². The van der Waals surface area contributed by atoms with Crippen LogP contribution in [0, 0.1) is 0 Å². The number of hydrogen-bond acceptors (Lipinski definition) is 5. The van der Waals surface area contributed by atoms with Crippen LogP contribution in [0.15, 0.2) is 24.3 Å². The van der Waals surface area contributed by atoms with Crippen LogP contribution < -0.4 is 14.8 Å². The molecule has 2 amide bonds. The van der Waals surface area contributed by atoms with Gasteiger partial charge in [0.25, 0.3) is 0 Å². The molecule has 2 saturated heterocycles. The number of carbonyl (C=O) groups excluding carboxylic acids is 2. The van der Waals surface area contributed by atoms with E-state index in [9.17, 15) is 9.59 Å². The number of rotatable bonds is 7. The van der Waals surface area contributed by atoms with Crippen LogP contribution in [0.3, 0.4) is 0 Å². The van der Waals surface area contributed by atoms with E-state index in [1.165, 1.54) is 6.92 Å². The van der Waals surface area contributed by atoms with E-state index in [-0.39, 0.29) is 24.0 Å². The molecule has 2 atom stereocenters. The molecule has 0 aliphatic carbocycles. The molecule has 2 aliphatic rings. The standard InChI is InChI=1S/C20H29N3O4/c1-14(24)21-11-16-9-8-15(22(16)2)10-20(25)23-12-17(13-23)27-19-7-5-4-6-18(19)26-3/h4-7,15-17H,8-13H2,1-3H3,(H,21,24)/t15-,16+/m0/s1. The summed E-state index contributed by atoms with van der Waals surface area (Å²) in [7, 11) is 3.66. The van der Waals surface area contributed by atoms with E-state index in [2.05, 4.69) is 10.2 Å². The Kier molecular flexibility index (Phi) is 6.21.